The number of carbonyl (C=O) groups excluding carboxylic acids is 1. The fourth-order valence-electron chi connectivity index (χ4n) is 3.20. The predicted molar refractivity (Wildman–Crippen MR) is 119 cm³/mol. The fraction of sp³-hybridized carbons (Fsp3) is 0.0800. The number of carbonyl (C=O) groups is 1. The molecule has 1 aliphatic heterocycles. The maximum atomic E-state index is 12.6. The normalized spacial score (nSPS) is 13.8. The van der Waals surface area contributed by atoms with E-state index >= 15 is 0 Å². The Morgan fingerprint density at radius 2 is 1.84 bits per heavy atom. The van der Waals surface area contributed by atoms with Gasteiger partial charge in [-0.1, -0.05) is 30.4 Å². The third kappa shape index (κ3) is 4.52. The van der Waals surface area contributed by atoms with Gasteiger partial charge in [-0.25, -0.2) is 0 Å². The topological polar surface area (TPSA) is 87.9 Å². The van der Waals surface area contributed by atoms with E-state index in [4.69, 9.17) is 14.2 Å². The van der Waals surface area contributed by atoms with Crippen molar-refractivity contribution in [3.8, 4) is 17.2 Å². The molecule has 0 unspecified atom stereocenters. The number of ketones is 1. The van der Waals surface area contributed by atoms with Crippen molar-refractivity contribution < 1.29 is 23.9 Å². The molecule has 0 N–H and O–H groups in total. The van der Waals surface area contributed by atoms with Gasteiger partial charge in [0, 0.05) is 23.8 Å². The van der Waals surface area contributed by atoms with E-state index in [1.165, 1.54) is 12.1 Å². The fourth-order valence-corrected chi connectivity index (χ4v) is 3.20. The molecule has 0 aliphatic carbocycles. The summed E-state index contributed by atoms with van der Waals surface area (Å²) in [5.74, 6) is 1.71. The Morgan fingerprint density at radius 3 is 2.59 bits per heavy atom. The summed E-state index contributed by atoms with van der Waals surface area (Å²) in [4.78, 5) is 22.9. The predicted octanol–water partition coefficient (Wildman–Crippen LogP) is 5.35. The molecule has 0 atom stereocenters. The highest BCUT2D eigenvalue weighted by Crippen LogP contribution is 2.34. The lowest BCUT2D eigenvalue weighted by Crippen LogP contribution is -1.97. The minimum Gasteiger partial charge on any atom is -0.496 e. The number of non-ortho nitro benzene ring substituents is 1. The third-order valence-corrected chi connectivity index (χ3v) is 4.86. The van der Waals surface area contributed by atoms with Gasteiger partial charge in [0.2, 0.25) is 5.78 Å². The van der Waals surface area contributed by atoms with Crippen LogP contribution >= 0.6 is 0 Å². The van der Waals surface area contributed by atoms with Crippen LogP contribution in [0.1, 0.15) is 21.5 Å². The Balaban J connectivity index is 1.43. The lowest BCUT2D eigenvalue weighted by molar-refractivity contribution is -0.384. The van der Waals surface area contributed by atoms with Crippen LogP contribution in [0.3, 0.4) is 0 Å². The molecule has 0 bridgehead atoms. The molecule has 0 fully saturated rings. The van der Waals surface area contributed by atoms with Crippen LogP contribution < -0.4 is 14.2 Å². The molecule has 7 nitrogen and oxygen atoms in total. The monoisotopic (exact) mass is 429 g/mol. The molecule has 32 heavy (non-hydrogen) atoms. The molecule has 0 radical (unpaired) electrons. The van der Waals surface area contributed by atoms with Crippen molar-refractivity contribution in [1.82, 2.24) is 0 Å². The van der Waals surface area contributed by atoms with Gasteiger partial charge in [-0.3, -0.25) is 14.9 Å². The van der Waals surface area contributed by atoms with Crippen LogP contribution in [0.15, 0.2) is 84.6 Å². The minimum absolute atomic E-state index is 0.0252. The van der Waals surface area contributed by atoms with E-state index in [0.29, 0.717) is 17.1 Å². The van der Waals surface area contributed by atoms with Gasteiger partial charge in [0.15, 0.2) is 5.76 Å². The molecule has 0 saturated carbocycles. The second kappa shape index (κ2) is 9.18. The van der Waals surface area contributed by atoms with E-state index in [0.717, 1.165) is 16.9 Å². The molecule has 3 aromatic carbocycles. The minimum atomic E-state index is -0.448. The second-order valence-electron chi connectivity index (χ2n) is 6.93. The Kier molecular flexibility index (Phi) is 5.98. The Morgan fingerprint density at radius 1 is 1.06 bits per heavy atom. The zero-order valence-electron chi connectivity index (χ0n) is 17.2. The summed E-state index contributed by atoms with van der Waals surface area (Å²) in [6.45, 7) is 0.231. The highest BCUT2D eigenvalue weighted by Gasteiger charge is 2.27. The number of hydrogen-bond acceptors (Lipinski definition) is 6. The average Bonchev–Trinajstić information content (AvgIpc) is 3.13. The SMILES string of the molecule is COc1ccccc1C=CC=C1Oc2cc(OCc3ccc([N+](=O)[O-])cc3)ccc2C1=O. The summed E-state index contributed by atoms with van der Waals surface area (Å²) in [5, 5.41) is 10.7. The van der Waals surface area contributed by atoms with Gasteiger partial charge in [0.05, 0.1) is 17.6 Å². The third-order valence-electron chi connectivity index (χ3n) is 4.86. The van der Waals surface area contributed by atoms with Crippen LogP contribution in [0.2, 0.25) is 0 Å². The van der Waals surface area contributed by atoms with Gasteiger partial charge >= 0.3 is 0 Å². The molecule has 3 aromatic rings. The van der Waals surface area contributed by atoms with Gasteiger partial charge in [-0.2, -0.15) is 0 Å². The number of nitrogens with zero attached hydrogens (tertiary/aromatic N) is 1. The highest BCUT2D eigenvalue weighted by molar-refractivity contribution is 6.12. The van der Waals surface area contributed by atoms with Crippen LogP contribution in [0.25, 0.3) is 6.08 Å². The van der Waals surface area contributed by atoms with Crippen molar-refractivity contribution in [2.24, 2.45) is 0 Å². The molecule has 160 valence electrons. The molecular weight excluding hydrogens is 410 g/mol. The standard InChI is InChI=1S/C25H19NO6/c1-30-22-7-3-2-5-18(22)6-4-8-23-25(27)21-14-13-20(15-24(21)32-23)31-16-17-9-11-19(12-10-17)26(28)29/h2-15H,16H2,1H3. The molecule has 0 saturated heterocycles. The van der Waals surface area contributed by atoms with Gasteiger partial charge in [0.25, 0.3) is 5.69 Å². The van der Waals surface area contributed by atoms with E-state index in [1.807, 2.05) is 30.3 Å². The Hall–Kier alpha value is -4.39. The van der Waals surface area contributed by atoms with E-state index < -0.39 is 4.92 Å². The van der Waals surface area contributed by atoms with Crippen LogP contribution in [0.4, 0.5) is 5.69 Å². The molecule has 0 spiro atoms. The smallest absolute Gasteiger partial charge is 0.269 e. The number of nitro groups is 1. The average molecular weight is 429 g/mol. The Labute approximate surface area is 184 Å². The van der Waals surface area contributed by atoms with Gasteiger partial charge in [0.1, 0.15) is 23.9 Å². The number of fused-ring (bicyclic) bond motifs is 1. The lowest BCUT2D eigenvalue weighted by atomic mass is 10.1. The van der Waals surface area contributed by atoms with Crippen LogP contribution in [0, 0.1) is 10.1 Å². The molecule has 1 heterocycles. The number of benzene rings is 3. The molecule has 7 heteroatoms. The number of ether oxygens (including phenoxy) is 3. The summed E-state index contributed by atoms with van der Waals surface area (Å²) in [6, 6.07) is 18.7. The van der Waals surface area contributed by atoms with Crippen molar-refractivity contribution in [2.45, 2.75) is 6.61 Å². The van der Waals surface area contributed by atoms with E-state index in [2.05, 4.69) is 0 Å². The number of Topliss-reactive ketones (excluding diaryl/α,β-unsaturated/α-hetero) is 1. The van der Waals surface area contributed by atoms with Crippen molar-refractivity contribution in [3.05, 3.63) is 111 Å². The second-order valence-corrected chi connectivity index (χ2v) is 6.93. The van der Waals surface area contributed by atoms with Crippen molar-refractivity contribution in [3.63, 3.8) is 0 Å². The van der Waals surface area contributed by atoms with Crippen LogP contribution in [-0.4, -0.2) is 17.8 Å². The number of hydrogen-bond donors (Lipinski definition) is 0. The summed E-state index contributed by atoms with van der Waals surface area (Å²) < 4.78 is 16.8. The number of rotatable bonds is 7. The molecule has 0 aromatic heterocycles. The van der Waals surface area contributed by atoms with E-state index in [1.54, 1.807) is 49.6 Å². The quantitative estimate of drug-likeness (QED) is 0.286. The first kappa shape index (κ1) is 20.9. The number of methoxy groups -OCH3 is 1. The molecular formula is C25H19NO6. The van der Waals surface area contributed by atoms with E-state index in [-0.39, 0.29) is 23.8 Å². The molecule has 0 amide bonds. The van der Waals surface area contributed by atoms with Crippen LogP contribution in [-0.2, 0) is 6.61 Å². The summed E-state index contributed by atoms with van der Waals surface area (Å²) >= 11 is 0. The van der Waals surface area contributed by atoms with Crippen molar-refractivity contribution in [1.29, 1.82) is 0 Å². The van der Waals surface area contributed by atoms with Gasteiger partial charge < -0.3 is 14.2 Å². The van der Waals surface area contributed by atoms with E-state index in [9.17, 15) is 14.9 Å². The number of allylic oxidation sites excluding steroid dienone is 3. The maximum absolute atomic E-state index is 12.6. The zero-order chi connectivity index (χ0) is 22.5. The maximum Gasteiger partial charge on any atom is 0.269 e. The van der Waals surface area contributed by atoms with Crippen molar-refractivity contribution >= 4 is 17.5 Å². The first-order chi connectivity index (χ1) is 15.5. The summed E-state index contributed by atoms with van der Waals surface area (Å²) in [6.07, 6.45) is 5.19. The summed E-state index contributed by atoms with van der Waals surface area (Å²) in [5.41, 5.74) is 2.16. The molecule has 1 aliphatic rings. The Bertz CT molecular complexity index is 1230. The van der Waals surface area contributed by atoms with Crippen molar-refractivity contribution in [2.75, 3.05) is 7.11 Å². The van der Waals surface area contributed by atoms with Crippen LogP contribution in [0.5, 0.6) is 17.2 Å². The molecule has 4 rings (SSSR count). The zero-order valence-corrected chi connectivity index (χ0v) is 17.2. The van der Waals surface area contributed by atoms with Gasteiger partial charge in [-0.15, -0.1) is 0 Å². The number of para-hydroxylation sites is 1. The number of nitro benzene ring substituents is 1. The first-order valence-electron chi connectivity index (χ1n) is 9.79. The lowest BCUT2D eigenvalue weighted by Gasteiger charge is -2.07. The highest BCUT2D eigenvalue weighted by atomic mass is 16.6. The summed E-state index contributed by atoms with van der Waals surface area (Å²) in [7, 11) is 1.60. The largest absolute Gasteiger partial charge is 0.496 e. The first-order valence-corrected chi connectivity index (χ1v) is 9.79. The van der Waals surface area contributed by atoms with Gasteiger partial charge in [-0.05, 0) is 42.0 Å².